The highest BCUT2D eigenvalue weighted by atomic mass is 35.5. The summed E-state index contributed by atoms with van der Waals surface area (Å²) in [5, 5.41) is 4.03. The highest BCUT2D eigenvalue weighted by molar-refractivity contribution is 6.29. The van der Waals surface area contributed by atoms with Gasteiger partial charge in [0, 0.05) is 6.07 Å². The summed E-state index contributed by atoms with van der Waals surface area (Å²) >= 11 is 5.72. The molecule has 0 bridgehead atoms. The first-order valence-electron chi connectivity index (χ1n) is 5.29. The molecule has 1 atom stereocenters. The van der Waals surface area contributed by atoms with Crippen molar-refractivity contribution < 1.29 is 9.53 Å². The molecule has 5 nitrogen and oxygen atoms in total. The molecular weight excluding hydrogens is 244 g/mol. The van der Waals surface area contributed by atoms with Crippen molar-refractivity contribution in [3.05, 3.63) is 27.6 Å². The Morgan fingerprint density at radius 3 is 2.71 bits per heavy atom. The Labute approximate surface area is 104 Å². The molecule has 0 fully saturated rings. The maximum atomic E-state index is 11.6. The molecule has 0 aliphatic heterocycles. The predicted octanol–water partition coefficient (Wildman–Crippen LogP) is 1.66. The SMILES string of the molecule is COC(=O)C(CC(C)C)n1nc(Cl)ccc1=O. The van der Waals surface area contributed by atoms with Crippen molar-refractivity contribution in [2.24, 2.45) is 5.92 Å². The van der Waals surface area contributed by atoms with Gasteiger partial charge in [-0.15, -0.1) is 0 Å². The number of aromatic nitrogens is 2. The zero-order chi connectivity index (χ0) is 13.0. The van der Waals surface area contributed by atoms with Crippen LogP contribution < -0.4 is 5.56 Å². The standard InChI is InChI=1S/C11H15ClN2O3/c1-7(2)6-8(11(16)17-3)14-10(15)5-4-9(12)13-14/h4-5,7-8H,6H2,1-3H3. The van der Waals surface area contributed by atoms with Crippen molar-refractivity contribution in [2.45, 2.75) is 26.3 Å². The van der Waals surface area contributed by atoms with Crippen molar-refractivity contribution in [1.29, 1.82) is 0 Å². The topological polar surface area (TPSA) is 61.2 Å². The third-order valence-electron chi connectivity index (χ3n) is 2.26. The van der Waals surface area contributed by atoms with Gasteiger partial charge < -0.3 is 4.74 Å². The molecule has 17 heavy (non-hydrogen) atoms. The molecule has 1 rings (SSSR count). The van der Waals surface area contributed by atoms with Gasteiger partial charge in [0.2, 0.25) is 0 Å². The fraction of sp³-hybridized carbons (Fsp3) is 0.545. The van der Waals surface area contributed by atoms with Crippen LogP contribution in [0.3, 0.4) is 0 Å². The fourth-order valence-corrected chi connectivity index (χ4v) is 1.65. The maximum absolute atomic E-state index is 11.6. The minimum Gasteiger partial charge on any atom is -0.467 e. The van der Waals surface area contributed by atoms with E-state index >= 15 is 0 Å². The van der Waals surface area contributed by atoms with Crippen LogP contribution in [0.5, 0.6) is 0 Å². The van der Waals surface area contributed by atoms with Crippen LogP contribution in [-0.4, -0.2) is 22.9 Å². The second-order valence-electron chi connectivity index (χ2n) is 4.11. The lowest BCUT2D eigenvalue weighted by atomic mass is 10.0. The van der Waals surface area contributed by atoms with Crippen LogP contribution in [0.25, 0.3) is 0 Å². The summed E-state index contributed by atoms with van der Waals surface area (Å²) < 4.78 is 5.76. The third-order valence-corrected chi connectivity index (χ3v) is 2.46. The van der Waals surface area contributed by atoms with E-state index in [-0.39, 0.29) is 16.6 Å². The first-order valence-corrected chi connectivity index (χ1v) is 5.66. The summed E-state index contributed by atoms with van der Waals surface area (Å²) in [4.78, 5) is 23.3. The van der Waals surface area contributed by atoms with Crippen LogP contribution in [0.1, 0.15) is 26.3 Å². The second kappa shape index (κ2) is 5.82. The zero-order valence-electron chi connectivity index (χ0n) is 10.0. The number of ether oxygens (including phenoxy) is 1. The van der Waals surface area contributed by atoms with Crippen LogP contribution in [0.15, 0.2) is 16.9 Å². The molecule has 1 unspecified atom stereocenters. The van der Waals surface area contributed by atoms with Crippen molar-refractivity contribution in [2.75, 3.05) is 7.11 Å². The van der Waals surface area contributed by atoms with E-state index in [1.165, 1.54) is 19.2 Å². The Balaban J connectivity index is 3.16. The van der Waals surface area contributed by atoms with Gasteiger partial charge in [-0.1, -0.05) is 25.4 Å². The Morgan fingerprint density at radius 1 is 1.53 bits per heavy atom. The highest BCUT2D eigenvalue weighted by Gasteiger charge is 2.24. The summed E-state index contributed by atoms with van der Waals surface area (Å²) in [6, 6.07) is 1.95. The van der Waals surface area contributed by atoms with Crippen LogP contribution >= 0.6 is 11.6 Å². The number of methoxy groups -OCH3 is 1. The van der Waals surface area contributed by atoms with Gasteiger partial charge in [-0.2, -0.15) is 5.10 Å². The number of hydrogen-bond donors (Lipinski definition) is 0. The van der Waals surface area contributed by atoms with Gasteiger partial charge in [-0.25, -0.2) is 9.48 Å². The molecule has 0 saturated heterocycles. The van der Waals surface area contributed by atoms with Gasteiger partial charge in [0.15, 0.2) is 6.04 Å². The lowest BCUT2D eigenvalue weighted by Gasteiger charge is -2.17. The zero-order valence-corrected chi connectivity index (χ0v) is 10.8. The van der Waals surface area contributed by atoms with E-state index in [0.29, 0.717) is 6.42 Å². The van der Waals surface area contributed by atoms with E-state index in [4.69, 9.17) is 11.6 Å². The number of esters is 1. The average molecular weight is 259 g/mol. The van der Waals surface area contributed by atoms with Crippen molar-refractivity contribution in [3.63, 3.8) is 0 Å². The molecule has 0 aliphatic carbocycles. The smallest absolute Gasteiger partial charge is 0.330 e. The highest BCUT2D eigenvalue weighted by Crippen LogP contribution is 2.17. The Kier molecular flexibility index (Phi) is 4.69. The van der Waals surface area contributed by atoms with Gasteiger partial charge in [-0.05, 0) is 18.4 Å². The van der Waals surface area contributed by atoms with Gasteiger partial charge >= 0.3 is 5.97 Å². The van der Waals surface area contributed by atoms with Crippen LogP contribution in [0.4, 0.5) is 0 Å². The summed E-state index contributed by atoms with van der Waals surface area (Å²) in [6.07, 6.45) is 0.472. The molecule has 1 aromatic rings. The number of rotatable bonds is 4. The Hall–Kier alpha value is -1.36. The normalized spacial score (nSPS) is 12.5. The first kappa shape index (κ1) is 13.7. The molecule has 0 aromatic carbocycles. The van der Waals surface area contributed by atoms with Crippen molar-refractivity contribution in [1.82, 2.24) is 9.78 Å². The molecule has 0 saturated carbocycles. The van der Waals surface area contributed by atoms with E-state index in [1.54, 1.807) is 0 Å². The number of nitrogens with zero attached hydrogens (tertiary/aromatic N) is 2. The lowest BCUT2D eigenvalue weighted by Crippen LogP contribution is -2.33. The maximum Gasteiger partial charge on any atom is 0.330 e. The van der Waals surface area contributed by atoms with Gasteiger partial charge in [0.25, 0.3) is 5.56 Å². The average Bonchev–Trinajstić information content (AvgIpc) is 2.28. The molecule has 0 aliphatic rings. The molecule has 1 heterocycles. The number of carbonyl (C=O) groups excluding carboxylic acids is 1. The van der Waals surface area contributed by atoms with Gasteiger partial charge in [0.05, 0.1) is 7.11 Å². The second-order valence-corrected chi connectivity index (χ2v) is 4.49. The number of halogens is 1. The minimum atomic E-state index is -0.730. The largest absolute Gasteiger partial charge is 0.467 e. The number of hydrogen-bond acceptors (Lipinski definition) is 4. The van der Waals surface area contributed by atoms with Crippen molar-refractivity contribution in [3.8, 4) is 0 Å². The summed E-state index contributed by atoms with van der Waals surface area (Å²) in [7, 11) is 1.28. The molecule has 94 valence electrons. The van der Waals surface area contributed by atoms with Crippen LogP contribution in [0.2, 0.25) is 5.15 Å². The predicted molar refractivity (Wildman–Crippen MR) is 64.0 cm³/mol. The fourth-order valence-electron chi connectivity index (χ4n) is 1.50. The number of carbonyl (C=O) groups is 1. The molecule has 0 spiro atoms. The van der Waals surface area contributed by atoms with E-state index in [2.05, 4.69) is 9.84 Å². The van der Waals surface area contributed by atoms with Crippen LogP contribution in [-0.2, 0) is 9.53 Å². The van der Waals surface area contributed by atoms with E-state index in [9.17, 15) is 9.59 Å². The summed E-state index contributed by atoms with van der Waals surface area (Å²) in [5.41, 5.74) is -0.370. The van der Waals surface area contributed by atoms with Crippen LogP contribution in [0, 0.1) is 5.92 Å². The molecule has 0 radical (unpaired) electrons. The quantitative estimate of drug-likeness (QED) is 0.771. The van der Waals surface area contributed by atoms with E-state index < -0.39 is 12.0 Å². The van der Waals surface area contributed by atoms with Gasteiger partial charge in [0.1, 0.15) is 5.15 Å². The molecule has 1 aromatic heterocycles. The van der Waals surface area contributed by atoms with Crippen molar-refractivity contribution >= 4 is 17.6 Å². The molecular formula is C11H15ClN2O3. The first-order chi connectivity index (χ1) is 7.95. The summed E-state index contributed by atoms with van der Waals surface area (Å²) in [6.45, 7) is 3.90. The Morgan fingerprint density at radius 2 is 2.18 bits per heavy atom. The molecule has 6 heteroatoms. The Bertz CT molecular complexity index is 456. The molecule has 0 amide bonds. The minimum absolute atomic E-state index is 0.169. The lowest BCUT2D eigenvalue weighted by molar-refractivity contribution is -0.145. The van der Waals surface area contributed by atoms with Gasteiger partial charge in [-0.3, -0.25) is 4.79 Å². The summed E-state index contributed by atoms with van der Waals surface area (Å²) in [5.74, 6) is -0.262. The third kappa shape index (κ3) is 3.56. The van der Waals surface area contributed by atoms with E-state index in [0.717, 1.165) is 4.68 Å². The monoisotopic (exact) mass is 258 g/mol. The molecule has 0 N–H and O–H groups in total. The van der Waals surface area contributed by atoms with E-state index in [1.807, 2.05) is 13.8 Å².